The van der Waals surface area contributed by atoms with Gasteiger partial charge in [0.1, 0.15) is 0 Å². The van der Waals surface area contributed by atoms with Crippen molar-refractivity contribution in [2.24, 2.45) is 5.73 Å². The summed E-state index contributed by atoms with van der Waals surface area (Å²) in [5, 5.41) is 8.62. The predicted molar refractivity (Wildman–Crippen MR) is 56.1 cm³/mol. The Labute approximate surface area is 82.3 Å². The van der Waals surface area contributed by atoms with Crippen molar-refractivity contribution in [2.75, 3.05) is 6.61 Å². The molecule has 0 radical (unpaired) electrons. The maximum absolute atomic E-state index is 8.62. The topological polar surface area (TPSA) is 46.2 Å². The van der Waals surface area contributed by atoms with Gasteiger partial charge in [-0.15, -0.1) is 0 Å². The van der Waals surface area contributed by atoms with E-state index in [4.69, 9.17) is 10.8 Å². The summed E-state index contributed by atoms with van der Waals surface area (Å²) in [6.07, 6.45) is 7.71. The summed E-state index contributed by atoms with van der Waals surface area (Å²) < 4.78 is 1.06. The molecule has 0 fully saturated rings. The lowest BCUT2D eigenvalue weighted by molar-refractivity contribution is 0.266. The van der Waals surface area contributed by atoms with Crippen LogP contribution in [0.15, 0.2) is 22.7 Å². The Balaban J connectivity index is 3.68. The molecule has 3 N–H and O–H groups in total. The number of halogens is 1. The first-order valence-electron chi connectivity index (χ1n) is 4.09. The average Bonchev–Trinajstić information content (AvgIpc) is 2.04. The largest absolute Gasteiger partial charge is 0.395 e. The maximum atomic E-state index is 8.62. The summed E-state index contributed by atoms with van der Waals surface area (Å²) >= 11 is 3.38. The zero-order valence-corrected chi connectivity index (χ0v) is 8.92. The van der Waals surface area contributed by atoms with Crippen LogP contribution in [0, 0.1) is 0 Å². The van der Waals surface area contributed by atoms with E-state index >= 15 is 0 Å². The summed E-state index contributed by atoms with van der Waals surface area (Å²) in [5.74, 6) is 0. The van der Waals surface area contributed by atoms with Crippen molar-refractivity contribution in [3.63, 3.8) is 0 Å². The normalized spacial score (nSPS) is 15.5. The predicted octanol–water partition coefficient (Wildman–Crippen LogP) is 1.94. The van der Waals surface area contributed by atoms with E-state index in [-0.39, 0.29) is 12.6 Å². The molecule has 2 nitrogen and oxygen atoms in total. The van der Waals surface area contributed by atoms with Crippen LogP contribution in [-0.4, -0.2) is 17.8 Å². The molecule has 1 atom stereocenters. The minimum absolute atomic E-state index is 0.0411. The standard InChI is InChI=1S/C9H16BrNO/c1-2-4-8(10)5-3-6-9(11)7-12/h3-5,9,12H,2,6-7,11H2,1H3/b5-3-,8-4+/t9-/m1/s1. The summed E-state index contributed by atoms with van der Waals surface area (Å²) in [5.41, 5.74) is 5.50. The van der Waals surface area contributed by atoms with Crippen LogP contribution in [0.1, 0.15) is 19.8 Å². The van der Waals surface area contributed by atoms with Gasteiger partial charge < -0.3 is 10.8 Å². The van der Waals surface area contributed by atoms with E-state index in [1.807, 2.05) is 12.2 Å². The second-order valence-corrected chi connectivity index (χ2v) is 3.49. The van der Waals surface area contributed by atoms with E-state index in [1.54, 1.807) is 0 Å². The summed E-state index contributed by atoms with van der Waals surface area (Å²) in [7, 11) is 0. The first-order chi connectivity index (χ1) is 5.70. The number of rotatable bonds is 5. The van der Waals surface area contributed by atoms with Crippen LogP contribution in [0.2, 0.25) is 0 Å². The van der Waals surface area contributed by atoms with E-state index in [1.165, 1.54) is 0 Å². The van der Waals surface area contributed by atoms with Gasteiger partial charge in [-0.25, -0.2) is 0 Å². The molecule has 0 bridgehead atoms. The van der Waals surface area contributed by atoms with Crippen LogP contribution < -0.4 is 5.73 Å². The highest BCUT2D eigenvalue weighted by atomic mass is 79.9. The van der Waals surface area contributed by atoms with Gasteiger partial charge in [-0.05, 0) is 12.8 Å². The first-order valence-corrected chi connectivity index (χ1v) is 4.88. The number of nitrogens with two attached hydrogens (primary N) is 1. The van der Waals surface area contributed by atoms with Crippen molar-refractivity contribution in [1.82, 2.24) is 0 Å². The molecule has 0 rings (SSSR count). The molecule has 0 amide bonds. The van der Waals surface area contributed by atoms with Gasteiger partial charge in [-0.2, -0.15) is 0 Å². The molecule has 70 valence electrons. The third-order valence-electron chi connectivity index (χ3n) is 1.35. The lowest BCUT2D eigenvalue weighted by atomic mass is 10.2. The van der Waals surface area contributed by atoms with Crippen LogP contribution in [0.4, 0.5) is 0 Å². The van der Waals surface area contributed by atoms with Gasteiger partial charge in [0.25, 0.3) is 0 Å². The molecule has 0 saturated carbocycles. The highest BCUT2D eigenvalue weighted by molar-refractivity contribution is 9.11. The molecule has 12 heavy (non-hydrogen) atoms. The van der Waals surface area contributed by atoms with Crippen molar-refractivity contribution in [2.45, 2.75) is 25.8 Å². The molecule has 0 aromatic heterocycles. The Morgan fingerprint density at radius 2 is 2.33 bits per heavy atom. The Bertz CT molecular complexity index is 166. The maximum Gasteiger partial charge on any atom is 0.0585 e. The molecule has 3 heteroatoms. The van der Waals surface area contributed by atoms with Crippen molar-refractivity contribution in [3.8, 4) is 0 Å². The molecule has 0 heterocycles. The van der Waals surface area contributed by atoms with Crippen molar-refractivity contribution >= 4 is 15.9 Å². The van der Waals surface area contributed by atoms with Gasteiger partial charge in [0.05, 0.1) is 6.61 Å². The number of hydrogen-bond donors (Lipinski definition) is 2. The molecule has 0 aromatic rings. The zero-order chi connectivity index (χ0) is 9.40. The van der Waals surface area contributed by atoms with Crippen molar-refractivity contribution in [3.05, 3.63) is 22.7 Å². The Morgan fingerprint density at radius 1 is 1.67 bits per heavy atom. The third kappa shape index (κ3) is 6.58. The third-order valence-corrected chi connectivity index (χ3v) is 1.94. The van der Waals surface area contributed by atoms with Crippen LogP contribution in [0.3, 0.4) is 0 Å². The fourth-order valence-corrected chi connectivity index (χ4v) is 1.20. The first kappa shape index (κ1) is 11.9. The van der Waals surface area contributed by atoms with Crippen LogP contribution in [0.5, 0.6) is 0 Å². The Hall–Kier alpha value is -0.120. The summed E-state index contributed by atoms with van der Waals surface area (Å²) in [6.45, 7) is 2.12. The molecule has 0 aromatic carbocycles. The number of aliphatic hydroxyl groups is 1. The monoisotopic (exact) mass is 233 g/mol. The summed E-state index contributed by atoms with van der Waals surface area (Å²) in [6, 6.07) is -0.136. The highest BCUT2D eigenvalue weighted by Crippen LogP contribution is 2.08. The SMILES string of the molecule is CC/C=C(Br)\C=C/C[C@@H](N)CO. The van der Waals surface area contributed by atoms with Crippen molar-refractivity contribution in [1.29, 1.82) is 0 Å². The molecule has 0 unspecified atom stereocenters. The lowest BCUT2D eigenvalue weighted by Gasteiger charge is -2.01. The second-order valence-electron chi connectivity index (χ2n) is 2.58. The van der Waals surface area contributed by atoms with E-state index in [2.05, 4.69) is 28.9 Å². The fraction of sp³-hybridized carbons (Fsp3) is 0.556. The van der Waals surface area contributed by atoms with E-state index < -0.39 is 0 Å². The highest BCUT2D eigenvalue weighted by Gasteiger charge is 1.94. The second kappa shape index (κ2) is 7.53. The quantitative estimate of drug-likeness (QED) is 0.714. The molecule has 0 spiro atoms. The van der Waals surface area contributed by atoms with Gasteiger partial charge in [0.15, 0.2) is 0 Å². The number of allylic oxidation sites excluding steroid dienone is 3. The van der Waals surface area contributed by atoms with Gasteiger partial charge in [0, 0.05) is 10.5 Å². The van der Waals surface area contributed by atoms with Gasteiger partial charge in [0.2, 0.25) is 0 Å². The molecule has 0 aliphatic rings. The average molecular weight is 234 g/mol. The molecular formula is C9H16BrNO. The van der Waals surface area contributed by atoms with Crippen LogP contribution in [0.25, 0.3) is 0 Å². The fourth-order valence-electron chi connectivity index (χ4n) is 0.693. The van der Waals surface area contributed by atoms with E-state index in [0.717, 1.165) is 10.9 Å². The van der Waals surface area contributed by atoms with Crippen LogP contribution >= 0.6 is 15.9 Å². The molecular weight excluding hydrogens is 218 g/mol. The van der Waals surface area contributed by atoms with Crippen molar-refractivity contribution < 1.29 is 5.11 Å². The summed E-state index contributed by atoms with van der Waals surface area (Å²) in [4.78, 5) is 0. The minimum Gasteiger partial charge on any atom is -0.395 e. The van der Waals surface area contributed by atoms with Gasteiger partial charge in [-0.3, -0.25) is 0 Å². The minimum atomic E-state index is -0.136. The smallest absolute Gasteiger partial charge is 0.0585 e. The van der Waals surface area contributed by atoms with Crippen LogP contribution in [-0.2, 0) is 0 Å². The molecule has 0 aliphatic carbocycles. The lowest BCUT2D eigenvalue weighted by Crippen LogP contribution is -2.22. The Morgan fingerprint density at radius 3 is 2.83 bits per heavy atom. The molecule has 0 aliphatic heterocycles. The van der Waals surface area contributed by atoms with E-state index in [0.29, 0.717) is 6.42 Å². The number of hydrogen-bond acceptors (Lipinski definition) is 2. The number of aliphatic hydroxyl groups excluding tert-OH is 1. The van der Waals surface area contributed by atoms with Gasteiger partial charge in [-0.1, -0.05) is 41.1 Å². The van der Waals surface area contributed by atoms with Gasteiger partial charge >= 0.3 is 0 Å². The van der Waals surface area contributed by atoms with E-state index in [9.17, 15) is 0 Å². The zero-order valence-electron chi connectivity index (χ0n) is 7.33. The Kier molecular flexibility index (Phi) is 7.45. The molecule has 0 saturated heterocycles.